The molecule has 0 aliphatic heterocycles. The number of halogens is 1. The normalized spacial score (nSPS) is 10.4. The zero-order chi connectivity index (χ0) is 13.8. The number of nitrogen functional groups attached to an aromatic ring is 1. The molecular weight excluding hydrogens is 247 g/mol. The smallest absolute Gasteiger partial charge is 0.140 e. The van der Waals surface area contributed by atoms with E-state index in [1.807, 2.05) is 6.07 Å². The maximum Gasteiger partial charge on any atom is 0.140 e. The number of nitrogens with zero attached hydrogens (tertiary/aromatic N) is 3. The zero-order valence-electron chi connectivity index (χ0n) is 10.4. The lowest BCUT2D eigenvalue weighted by Gasteiger charge is -2.04. The molecule has 1 heterocycles. The number of ether oxygens (including phenoxy) is 1. The van der Waals surface area contributed by atoms with Crippen molar-refractivity contribution in [1.82, 2.24) is 9.78 Å². The first-order valence-corrected chi connectivity index (χ1v) is 5.64. The summed E-state index contributed by atoms with van der Waals surface area (Å²) in [5, 5.41) is 13.3. The minimum atomic E-state index is -0.319. The molecule has 0 radical (unpaired) electrons. The first-order chi connectivity index (χ1) is 9.15. The van der Waals surface area contributed by atoms with Crippen LogP contribution >= 0.6 is 0 Å². The van der Waals surface area contributed by atoms with Gasteiger partial charge in [0.2, 0.25) is 0 Å². The van der Waals surface area contributed by atoms with E-state index in [2.05, 4.69) is 5.10 Å². The summed E-state index contributed by atoms with van der Waals surface area (Å²) in [6.45, 7) is 0.519. The molecule has 0 saturated carbocycles. The van der Waals surface area contributed by atoms with E-state index in [1.165, 1.54) is 23.9 Å². The second-order valence-corrected chi connectivity index (χ2v) is 4.04. The molecular formula is C13H13FN4O. The van der Waals surface area contributed by atoms with Gasteiger partial charge in [-0.25, -0.2) is 9.07 Å². The van der Waals surface area contributed by atoms with Gasteiger partial charge in [-0.1, -0.05) is 12.1 Å². The van der Waals surface area contributed by atoms with E-state index in [0.717, 1.165) is 5.56 Å². The summed E-state index contributed by atoms with van der Waals surface area (Å²) in [6, 6.07) is 8.16. The highest BCUT2D eigenvalue weighted by Crippen LogP contribution is 2.18. The molecule has 98 valence electrons. The maximum atomic E-state index is 13.1. The van der Waals surface area contributed by atoms with Crippen LogP contribution in [0.15, 0.2) is 24.3 Å². The Morgan fingerprint density at radius 1 is 1.53 bits per heavy atom. The van der Waals surface area contributed by atoms with Crippen LogP contribution in [0.4, 0.5) is 10.2 Å². The van der Waals surface area contributed by atoms with Gasteiger partial charge in [-0.3, -0.25) is 0 Å². The fraction of sp³-hybridized carbons (Fsp3) is 0.231. The molecule has 2 rings (SSSR count). The van der Waals surface area contributed by atoms with Gasteiger partial charge in [0.05, 0.1) is 13.2 Å². The molecule has 0 spiro atoms. The van der Waals surface area contributed by atoms with Gasteiger partial charge in [0, 0.05) is 7.11 Å². The minimum Gasteiger partial charge on any atom is -0.383 e. The Kier molecular flexibility index (Phi) is 3.78. The summed E-state index contributed by atoms with van der Waals surface area (Å²) >= 11 is 0. The summed E-state index contributed by atoms with van der Waals surface area (Å²) in [6.07, 6.45) is 0. The van der Waals surface area contributed by atoms with Crippen molar-refractivity contribution in [3.63, 3.8) is 0 Å². The molecule has 0 fully saturated rings. The third kappa shape index (κ3) is 2.72. The van der Waals surface area contributed by atoms with Gasteiger partial charge >= 0.3 is 0 Å². The largest absolute Gasteiger partial charge is 0.383 e. The van der Waals surface area contributed by atoms with E-state index in [4.69, 9.17) is 15.7 Å². The topological polar surface area (TPSA) is 76.9 Å². The third-order valence-corrected chi connectivity index (χ3v) is 2.68. The third-order valence-electron chi connectivity index (χ3n) is 2.68. The molecule has 0 aliphatic carbocycles. The fourth-order valence-electron chi connectivity index (χ4n) is 1.81. The minimum absolute atomic E-state index is 0.212. The number of hydrogen-bond acceptors (Lipinski definition) is 4. The van der Waals surface area contributed by atoms with Crippen molar-refractivity contribution < 1.29 is 9.13 Å². The first-order valence-electron chi connectivity index (χ1n) is 5.64. The lowest BCUT2D eigenvalue weighted by Crippen LogP contribution is -2.06. The second kappa shape index (κ2) is 5.50. The highest BCUT2D eigenvalue weighted by atomic mass is 19.1. The number of hydrogen-bond donors (Lipinski definition) is 1. The van der Waals surface area contributed by atoms with Crippen LogP contribution in [-0.4, -0.2) is 16.9 Å². The number of nitriles is 1. The van der Waals surface area contributed by atoms with E-state index < -0.39 is 0 Å². The van der Waals surface area contributed by atoms with E-state index in [0.29, 0.717) is 17.8 Å². The molecule has 0 amide bonds. The Labute approximate surface area is 110 Å². The fourth-order valence-corrected chi connectivity index (χ4v) is 1.81. The molecule has 2 N–H and O–H groups in total. The molecule has 6 heteroatoms. The van der Waals surface area contributed by atoms with Gasteiger partial charge in [0.15, 0.2) is 0 Å². The Balaban J connectivity index is 2.33. The zero-order valence-corrected chi connectivity index (χ0v) is 10.4. The maximum absolute atomic E-state index is 13.1. The Bertz CT molecular complexity index is 630. The Morgan fingerprint density at radius 2 is 2.32 bits per heavy atom. The summed E-state index contributed by atoms with van der Waals surface area (Å²) in [4.78, 5) is 0. The molecule has 0 aliphatic rings. The predicted octanol–water partition coefficient (Wildman–Crippen LogP) is 1.67. The summed E-state index contributed by atoms with van der Waals surface area (Å²) in [5.41, 5.74) is 7.37. The van der Waals surface area contributed by atoms with Crippen LogP contribution in [0.25, 0.3) is 0 Å². The van der Waals surface area contributed by atoms with Crippen LogP contribution < -0.4 is 5.73 Å². The van der Waals surface area contributed by atoms with Gasteiger partial charge in [-0.05, 0) is 17.7 Å². The molecule has 5 nitrogen and oxygen atoms in total. The summed E-state index contributed by atoms with van der Waals surface area (Å²) in [7, 11) is 1.52. The Morgan fingerprint density at radius 3 is 2.95 bits per heavy atom. The molecule has 0 atom stereocenters. The molecule has 1 aromatic heterocycles. The van der Waals surface area contributed by atoms with Gasteiger partial charge in [-0.2, -0.15) is 10.4 Å². The van der Waals surface area contributed by atoms with Crippen molar-refractivity contribution in [3.05, 3.63) is 46.9 Å². The summed E-state index contributed by atoms with van der Waals surface area (Å²) in [5.74, 6) is -0.0559. The molecule has 0 saturated heterocycles. The molecule has 0 unspecified atom stereocenters. The number of anilines is 1. The van der Waals surface area contributed by atoms with Crippen molar-refractivity contribution in [2.75, 3.05) is 12.8 Å². The quantitative estimate of drug-likeness (QED) is 0.907. The number of methoxy groups -OCH3 is 1. The standard InChI is InChI=1S/C13H13FN4O/c1-19-8-12-11(6-15)13(16)18(17-12)7-9-3-2-4-10(14)5-9/h2-5H,7-8,16H2,1H3. The van der Waals surface area contributed by atoms with Crippen LogP contribution in [0.5, 0.6) is 0 Å². The van der Waals surface area contributed by atoms with Crippen molar-refractivity contribution in [1.29, 1.82) is 5.26 Å². The molecule has 1 aromatic carbocycles. The van der Waals surface area contributed by atoms with Gasteiger partial charge < -0.3 is 10.5 Å². The van der Waals surface area contributed by atoms with E-state index in [-0.39, 0.29) is 18.2 Å². The number of nitrogens with two attached hydrogens (primary N) is 1. The van der Waals surface area contributed by atoms with Crippen molar-refractivity contribution in [3.8, 4) is 6.07 Å². The SMILES string of the molecule is COCc1nn(Cc2cccc(F)c2)c(N)c1C#N. The average molecular weight is 260 g/mol. The number of benzene rings is 1. The van der Waals surface area contributed by atoms with Crippen LogP contribution in [0.2, 0.25) is 0 Å². The van der Waals surface area contributed by atoms with Crippen LogP contribution in [0.1, 0.15) is 16.8 Å². The highest BCUT2D eigenvalue weighted by Gasteiger charge is 2.15. The monoisotopic (exact) mass is 260 g/mol. The van der Waals surface area contributed by atoms with E-state index >= 15 is 0 Å². The second-order valence-electron chi connectivity index (χ2n) is 4.04. The number of aromatic nitrogens is 2. The van der Waals surface area contributed by atoms with E-state index in [9.17, 15) is 4.39 Å². The van der Waals surface area contributed by atoms with Crippen molar-refractivity contribution in [2.45, 2.75) is 13.2 Å². The average Bonchev–Trinajstić information content (AvgIpc) is 2.66. The lowest BCUT2D eigenvalue weighted by molar-refractivity contribution is 0.180. The van der Waals surface area contributed by atoms with Crippen LogP contribution in [0, 0.1) is 17.1 Å². The van der Waals surface area contributed by atoms with Gasteiger partial charge in [0.25, 0.3) is 0 Å². The van der Waals surface area contributed by atoms with Gasteiger partial charge in [0.1, 0.15) is 29.0 Å². The van der Waals surface area contributed by atoms with Crippen molar-refractivity contribution >= 4 is 5.82 Å². The molecule has 0 bridgehead atoms. The van der Waals surface area contributed by atoms with Crippen molar-refractivity contribution in [2.24, 2.45) is 0 Å². The van der Waals surface area contributed by atoms with Crippen LogP contribution in [0.3, 0.4) is 0 Å². The van der Waals surface area contributed by atoms with Crippen LogP contribution in [-0.2, 0) is 17.9 Å². The van der Waals surface area contributed by atoms with E-state index in [1.54, 1.807) is 12.1 Å². The lowest BCUT2D eigenvalue weighted by atomic mass is 10.2. The molecule has 2 aromatic rings. The predicted molar refractivity (Wildman–Crippen MR) is 67.6 cm³/mol. The highest BCUT2D eigenvalue weighted by molar-refractivity contribution is 5.52. The Hall–Kier alpha value is -2.39. The van der Waals surface area contributed by atoms with Gasteiger partial charge in [-0.15, -0.1) is 0 Å². The first kappa shape index (κ1) is 13.1. The molecule has 19 heavy (non-hydrogen) atoms. The summed E-state index contributed by atoms with van der Waals surface area (Å²) < 4.78 is 19.5. The number of rotatable bonds is 4.